The Kier molecular flexibility index (Phi) is 14.0. The van der Waals surface area contributed by atoms with Gasteiger partial charge in [-0.25, -0.2) is 4.79 Å². The highest BCUT2D eigenvalue weighted by atomic mass is 32.2. The number of aliphatic hydroxyl groups is 1. The Bertz CT molecular complexity index is 672. The molecule has 184 valence electrons. The van der Waals surface area contributed by atoms with Crippen molar-refractivity contribution in [3.8, 4) is 0 Å². The number of aliphatic carboxylic acids is 1. The summed E-state index contributed by atoms with van der Waals surface area (Å²) in [7, 11) is 0. The molecule has 0 bridgehead atoms. The van der Waals surface area contributed by atoms with E-state index in [9.17, 15) is 29.4 Å². The van der Waals surface area contributed by atoms with Gasteiger partial charge in [0.15, 0.2) is 5.96 Å². The molecule has 0 aliphatic carbocycles. The van der Waals surface area contributed by atoms with Gasteiger partial charge in [0.05, 0.1) is 6.10 Å². The van der Waals surface area contributed by atoms with Gasteiger partial charge in [0, 0.05) is 6.54 Å². The lowest BCUT2D eigenvalue weighted by Gasteiger charge is -2.24. The molecule has 13 nitrogen and oxygen atoms in total. The van der Waals surface area contributed by atoms with E-state index in [0.29, 0.717) is 12.2 Å². The molecule has 3 amide bonds. The number of thioether (sulfide) groups is 1. The molecule has 0 aliphatic heterocycles. The Morgan fingerprint density at radius 2 is 1.56 bits per heavy atom. The second-order valence-corrected chi connectivity index (χ2v) is 8.17. The van der Waals surface area contributed by atoms with E-state index >= 15 is 0 Å². The topological polar surface area (TPSA) is 235 Å². The molecule has 0 rings (SSSR count). The highest BCUT2D eigenvalue weighted by molar-refractivity contribution is 7.98. The van der Waals surface area contributed by atoms with Crippen LogP contribution in [-0.4, -0.2) is 88.7 Å². The number of rotatable bonds is 15. The highest BCUT2D eigenvalue weighted by Crippen LogP contribution is 2.05. The number of nitrogens with two attached hydrogens (primary N) is 3. The van der Waals surface area contributed by atoms with Crippen molar-refractivity contribution in [1.82, 2.24) is 16.0 Å². The zero-order valence-electron chi connectivity index (χ0n) is 18.5. The molecule has 5 unspecified atom stereocenters. The maximum absolute atomic E-state index is 12.7. The first-order valence-electron chi connectivity index (χ1n) is 10.0. The van der Waals surface area contributed by atoms with Gasteiger partial charge < -0.3 is 43.4 Å². The summed E-state index contributed by atoms with van der Waals surface area (Å²) >= 11 is 1.45. The molecule has 14 heteroatoms. The minimum absolute atomic E-state index is 0.0880. The summed E-state index contributed by atoms with van der Waals surface area (Å²) in [5.41, 5.74) is 16.0. The van der Waals surface area contributed by atoms with Gasteiger partial charge >= 0.3 is 5.97 Å². The number of aliphatic hydroxyl groups excluding tert-OH is 1. The Morgan fingerprint density at radius 3 is 2.06 bits per heavy atom. The third-order valence-corrected chi connectivity index (χ3v) is 5.02. The minimum Gasteiger partial charge on any atom is -0.480 e. The molecule has 32 heavy (non-hydrogen) atoms. The monoisotopic (exact) mass is 477 g/mol. The Labute approximate surface area is 191 Å². The van der Waals surface area contributed by atoms with Crippen LogP contribution in [0.15, 0.2) is 4.99 Å². The zero-order valence-corrected chi connectivity index (χ0v) is 19.4. The second kappa shape index (κ2) is 15.3. The molecule has 11 N–H and O–H groups in total. The molecule has 0 saturated heterocycles. The smallest absolute Gasteiger partial charge is 0.326 e. The van der Waals surface area contributed by atoms with E-state index in [0.717, 1.165) is 0 Å². The van der Waals surface area contributed by atoms with Crippen LogP contribution in [0.2, 0.25) is 0 Å². The Morgan fingerprint density at radius 1 is 0.969 bits per heavy atom. The molecular weight excluding hydrogens is 442 g/mol. The van der Waals surface area contributed by atoms with Gasteiger partial charge in [-0.2, -0.15) is 11.8 Å². The van der Waals surface area contributed by atoms with Gasteiger partial charge in [0.2, 0.25) is 17.7 Å². The number of carboxylic acids is 1. The van der Waals surface area contributed by atoms with Gasteiger partial charge in [0.1, 0.15) is 24.2 Å². The number of carbonyl (C=O) groups excluding carboxylic acids is 3. The van der Waals surface area contributed by atoms with Crippen LogP contribution in [0.25, 0.3) is 0 Å². The Balaban J connectivity index is 5.06. The standard InChI is InChI=1S/C18H35N7O6S/c1-9(23-16(29)13(19)10(2)26)14(27)24-11(6-8-32-3)15(28)25-12(17(30)31)5-4-7-22-18(20)21/h9-13,26H,4-8,19H2,1-3H3,(H,23,29)(H,24,27)(H,25,28)(H,30,31)(H4,20,21,22). The summed E-state index contributed by atoms with van der Waals surface area (Å²) in [6, 6.07) is -4.45. The first kappa shape index (κ1) is 29.4. The van der Waals surface area contributed by atoms with Crippen molar-refractivity contribution in [2.75, 3.05) is 18.6 Å². The molecule has 0 aromatic rings. The lowest BCUT2D eigenvalue weighted by molar-refractivity contribution is -0.142. The van der Waals surface area contributed by atoms with Crippen LogP contribution in [0.1, 0.15) is 33.1 Å². The number of guanidine groups is 1. The van der Waals surface area contributed by atoms with Gasteiger partial charge in [-0.05, 0) is 45.1 Å². The summed E-state index contributed by atoms with van der Waals surface area (Å²) in [6.45, 7) is 2.95. The van der Waals surface area contributed by atoms with E-state index in [2.05, 4.69) is 20.9 Å². The SMILES string of the molecule is CSCCC(NC(=O)C(C)NC(=O)C(N)C(C)O)C(=O)NC(CCCN=C(N)N)C(=O)O. The van der Waals surface area contributed by atoms with E-state index in [-0.39, 0.29) is 25.3 Å². The maximum Gasteiger partial charge on any atom is 0.326 e. The summed E-state index contributed by atoms with van der Waals surface area (Å²) in [5.74, 6) is -2.87. The number of hydrogen-bond acceptors (Lipinski definition) is 8. The van der Waals surface area contributed by atoms with Crippen LogP contribution in [0.3, 0.4) is 0 Å². The first-order valence-corrected chi connectivity index (χ1v) is 11.4. The predicted molar refractivity (Wildman–Crippen MR) is 122 cm³/mol. The molecular formula is C18H35N7O6S. The van der Waals surface area contributed by atoms with Crippen molar-refractivity contribution in [3.05, 3.63) is 0 Å². The summed E-state index contributed by atoms with van der Waals surface area (Å²) in [4.78, 5) is 52.3. The van der Waals surface area contributed by atoms with Crippen molar-refractivity contribution >= 4 is 41.4 Å². The van der Waals surface area contributed by atoms with Crippen molar-refractivity contribution in [2.45, 2.75) is 63.4 Å². The number of aliphatic imine (C=N–C) groups is 1. The third kappa shape index (κ3) is 11.7. The summed E-state index contributed by atoms with van der Waals surface area (Å²) in [6.07, 6.45) is 1.37. The van der Waals surface area contributed by atoms with E-state index in [1.165, 1.54) is 25.6 Å². The molecule has 0 aromatic heterocycles. The van der Waals surface area contributed by atoms with Crippen molar-refractivity contribution in [2.24, 2.45) is 22.2 Å². The minimum atomic E-state index is -1.23. The van der Waals surface area contributed by atoms with E-state index < -0.39 is 54.0 Å². The van der Waals surface area contributed by atoms with E-state index in [4.69, 9.17) is 17.2 Å². The quantitative estimate of drug-likeness (QED) is 0.0678. The van der Waals surface area contributed by atoms with Crippen molar-refractivity contribution < 1.29 is 29.4 Å². The van der Waals surface area contributed by atoms with Crippen molar-refractivity contribution in [3.63, 3.8) is 0 Å². The predicted octanol–water partition coefficient (Wildman–Crippen LogP) is -2.94. The molecule has 0 aromatic carbocycles. The first-order chi connectivity index (χ1) is 14.9. The van der Waals surface area contributed by atoms with Gasteiger partial charge in [-0.3, -0.25) is 19.4 Å². The molecule has 0 spiro atoms. The van der Waals surface area contributed by atoms with Crippen molar-refractivity contribution in [1.29, 1.82) is 0 Å². The molecule has 0 aliphatic rings. The number of carbonyl (C=O) groups is 4. The van der Waals surface area contributed by atoms with Crippen LogP contribution in [0.4, 0.5) is 0 Å². The maximum atomic E-state index is 12.7. The zero-order chi connectivity index (χ0) is 24.8. The fourth-order valence-corrected chi connectivity index (χ4v) is 2.90. The average Bonchev–Trinajstić information content (AvgIpc) is 2.71. The van der Waals surface area contributed by atoms with Crippen LogP contribution in [0.5, 0.6) is 0 Å². The number of amides is 3. The van der Waals surface area contributed by atoms with Crippen LogP contribution in [-0.2, 0) is 19.2 Å². The summed E-state index contributed by atoms with van der Waals surface area (Å²) in [5, 5.41) is 26.1. The number of hydrogen-bond donors (Lipinski definition) is 8. The number of nitrogens with zero attached hydrogens (tertiary/aromatic N) is 1. The molecule has 0 radical (unpaired) electrons. The molecule has 0 heterocycles. The van der Waals surface area contributed by atoms with Crippen LogP contribution in [0, 0.1) is 0 Å². The lowest BCUT2D eigenvalue weighted by atomic mass is 10.1. The average molecular weight is 478 g/mol. The lowest BCUT2D eigenvalue weighted by Crippen LogP contribution is -2.57. The highest BCUT2D eigenvalue weighted by Gasteiger charge is 2.29. The van der Waals surface area contributed by atoms with Gasteiger partial charge in [0.25, 0.3) is 0 Å². The second-order valence-electron chi connectivity index (χ2n) is 7.19. The van der Waals surface area contributed by atoms with E-state index in [1.807, 2.05) is 6.26 Å². The fourth-order valence-electron chi connectivity index (χ4n) is 2.43. The Hall–Kier alpha value is -2.58. The van der Waals surface area contributed by atoms with Crippen LogP contribution >= 0.6 is 11.8 Å². The summed E-state index contributed by atoms with van der Waals surface area (Å²) < 4.78 is 0. The normalized spacial score (nSPS) is 15.4. The third-order valence-electron chi connectivity index (χ3n) is 4.38. The van der Waals surface area contributed by atoms with E-state index in [1.54, 1.807) is 0 Å². The largest absolute Gasteiger partial charge is 0.480 e. The number of carboxylic acid groups (broad SMARTS) is 1. The van der Waals surface area contributed by atoms with Gasteiger partial charge in [-0.1, -0.05) is 0 Å². The molecule has 0 fully saturated rings. The van der Waals surface area contributed by atoms with Crippen LogP contribution < -0.4 is 33.2 Å². The molecule has 0 saturated carbocycles. The molecule has 5 atom stereocenters. The fraction of sp³-hybridized carbons (Fsp3) is 0.722. The van der Waals surface area contributed by atoms with Gasteiger partial charge in [-0.15, -0.1) is 0 Å². The number of nitrogens with one attached hydrogen (secondary N) is 3.